The number of nitrogens with one attached hydrogen (secondary N) is 3. The number of fused-ring (bicyclic) bond motifs is 1. The number of likely N-dealkylation sites (tertiary alicyclic amines) is 1. The van der Waals surface area contributed by atoms with Crippen LogP contribution in [0.15, 0.2) is 24.3 Å². The van der Waals surface area contributed by atoms with E-state index >= 15 is 0 Å². The summed E-state index contributed by atoms with van der Waals surface area (Å²) in [4.78, 5) is 28.1. The number of hydrogen-bond acceptors (Lipinski definition) is 4. The predicted molar refractivity (Wildman–Crippen MR) is 116 cm³/mol. The van der Waals surface area contributed by atoms with Gasteiger partial charge in [0.2, 0.25) is 11.8 Å². The Morgan fingerprint density at radius 2 is 1.87 bits per heavy atom. The Morgan fingerprint density at radius 3 is 2.63 bits per heavy atom. The average Bonchev–Trinajstić information content (AvgIpc) is 3.27. The Hall–Kier alpha value is -2.41. The molecule has 2 aliphatic heterocycles. The topological polar surface area (TPSA) is 111 Å². The Kier molecular flexibility index (Phi) is 6.37. The van der Waals surface area contributed by atoms with Gasteiger partial charge in [0.1, 0.15) is 11.9 Å². The molecule has 4 rings (SSSR count). The van der Waals surface area contributed by atoms with Gasteiger partial charge in [0.25, 0.3) is 0 Å². The molecule has 0 spiro atoms. The molecule has 1 aromatic carbocycles. The van der Waals surface area contributed by atoms with Crippen molar-refractivity contribution in [3.05, 3.63) is 35.4 Å². The minimum absolute atomic E-state index is 0.0298. The molecule has 4 atom stereocenters. The molecule has 1 aromatic rings. The van der Waals surface area contributed by atoms with Crippen LogP contribution in [0, 0.1) is 17.2 Å². The van der Waals surface area contributed by atoms with E-state index in [1.54, 1.807) is 12.1 Å². The third-order valence-corrected chi connectivity index (χ3v) is 7.11. The van der Waals surface area contributed by atoms with Crippen molar-refractivity contribution in [2.24, 2.45) is 17.6 Å². The molecule has 1 unspecified atom stereocenters. The SMILES string of the molecule is N=C(N)c1ccc(CNC(=O)[C@@H]2CCCN2C(=O)C2NCC[C@@H]3CCCC[C@H]23)cc1. The van der Waals surface area contributed by atoms with Crippen LogP contribution in [-0.4, -0.2) is 47.7 Å². The molecule has 1 saturated carbocycles. The molecule has 162 valence electrons. The van der Waals surface area contributed by atoms with Gasteiger partial charge in [-0.15, -0.1) is 0 Å². The number of rotatable bonds is 5. The number of carbonyl (C=O) groups excluding carboxylic acids is 2. The highest BCUT2D eigenvalue weighted by Crippen LogP contribution is 2.37. The first-order valence-corrected chi connectivity index (χ1v) is 11.3. The minimum atomic E-state index is -0.375. The fraction of sp³-hybridized carbons (Fsp3) is 0.609. The first kappa shape index (κ1) is 20.8. The van der Waals surface area contributed by atoms with Gasteiger partial charge in [0, 0.05) is 18.7 Å². The predicted octanol–water partition coefficient (Wildman–Crippen LogP) is 1.75. The van der Waals surface area contributed by atoms with E-state index in [0.717, 1.165) is 31.4 Å². The number of amides is 2. The van der Waals surface area contributed by atoms with E-state index < -0.39 is 0 Å². The zero-order chi connectivity index (χ0) is 21.1. The van der Waals surface area contributed by atoms with Crippen LogP contribution in [0.5, 0.6) is 0 Å². The fourth-order valence-electron chi connectivity index (χ4n) is 5.47. The quantitative estimate of drug-likeness (QED) is 0.437. The summed E-state index contributed by atoms with van der Waals surface area (Å²) in [5.41, 5.74) is 7.10. The first-order chi connectivity index (χ1) is 14.5. The van der Waals surface area contributed by atoms with Crippen LogP contribution in [-0.2, 0) is 16.1 Å². The van der Waals surface area contributed by atoms with Gasteiger partial charge in [0.15, 0.2) is 0 Å². The number of amidine groups is 1. The van der Waals surface area contributed by atoms with E-state index in [1.165, 1.54) is 25.7 Å². The lowest BCUT2D eigenvalue weighted by molar-refractivity contribution is -0.142. The van der Waals surface area contributed by atoms with Crippen molar-refractivity contribution in [1.82, 2.24) is 15.5 Å². The zero-order valence-corrected chi connectivity index (χ0v) is 17.5. The highest BCUT2D eigenvalue weighted by Gasteiger charge is 2.43. The number of nitrogens with two attached hydrogens (primary N) is 1. The molecule has 0 aromatic heterocycles. The molecule has 7 nitrogen and oxygen atoms in total. The highest BCUT2D eigenvalue weighted by molar-refractivity contribution is 5.95. The summed E-state index contributed by atoms with van der Waals surface area (Å²) >= 11 is 0. The van der Waals surface area contributed by atoms with Crippen molar-refractivity contribution < 1.29 is 9.59 Å². The van der Waals surface area contributed by atoms with Crippen LogP contribution in [0.4, 0.5) is 0 Å². The molecule has 7 heteroatoms. The van der Waals surface area contributed by atoms with Gasteiger partial charge in [-0.3, -0.25) is 15.0 Å². The number of nitrogen functional groups attached to an aromatic ring is 1. The summed E-state index contributed by atoms with van der Waals surface area (Å²) in [6, 6.07) is 6.79. The second kappa shape index (κ2) is 9.16. The van der Waals surface area contributed by atoms with Crippen LogP contribution in [0.25, 0.3) is 0 Å². The van der Waals surface area contributed by atoms with Crippen LogP contribution in [0.3, 0.4) is 0 Å². The van der Waals surface area contributed by atoms with E-state index in [1.807, 2.05) is 17.0 Å². The maximum atomic E-state index is 13.4. The summed E-state index contributed by atoms with van der Waals surface area (Å²) in [6.07, 6.45) is 7.61. The summed E-state index contributed by atoms with van der Waals surface area (Å²) in [6.45, 7) is 1.97. The number of piperidine rings is 1. The van der Waals surface area contributed by atoms with Crippen LogP contribution in [0.2, 0.25) is 0 Å². The summed E-state index contributed by atoms with van der Waals surface area (Å²) in [7, 11) is 0. The lowest BCUT2D eigenvalue weighted by Crippen LogP contribution is -2.58. The molecule has 30 heavy (non-hydrogen) atoms. The average molecular weight is 412 g/mol. The molecule has 3 fully saturated rings. The number of carbonyl (C=O) groups is 2. The summed E-state index contributed by atoms with van der Waals surface area (Å²) in [5.74, 6) is 1.15. The van der Waals surface area contributed by atoms with Crippen molar-refractivity contribution in [2.45, 2.75) is 63.6 Å². The minimum Gasteiger partial charge on any atom is -0.384 e. The van der Waals surface area contributed by atoms with Gasteiger partial charge in [-0.2, -0.15) is 0 Å². The molecular weight excluding hydrogens is 378 g/mol. The van der Waals surface area contributed by atoms with E-state index in [2.05, 4.69) is 10.6 Å². The maximum Gasteiger partial charge on any atom is 0.243 e. The van der Waals surface area contributed by atoms with Gasteiger partial charge in [-0.05, 0) is 49.6 Å². The summed E-state index contributed by atoms with van der Waals surface area (Å²) < 4.78 is 0. The molecule has 2 amide bonds. The van der Waals surface area contributed by atoms with Gasteiger partial charge < -0.3 is 21.3 Å². The smallest absolute Gasteiger partial charge is 0.243 e. The van der Waals surface area contributed by atoms with Crippen LogP contribution >= 0.6 is 0 Å². The Balaban J connectivity index is 1.37. The number of nitrogens with zero attached hydrogens (tertiary/aromatic N) is 1. The Morgan fingerprint density at radius 1 is 1.10 bits per heavy atom. The molecule has 2 heterocycles. The molecule has 5 N–H and O–H groups in total. The summed E-state index contributed by atoms with van der Waals surface area (Å²) in [5, 5.41) is 13.9. The first-order valence-electron chi connectivity index (χ1n) is 11.3. The van der Waals surface area contributed by atoms with Crippen LogP contribution in [0.1, 0.15) is 56.1 Å². The van der Waals surface area contributed by atoms with Gasteiger partial charge >= 0.3 is 0 Å². The van der Waals surface area contributed by atoms with Crippen molar-refractivity contribution in [2.75, 3.05) is 13.1 Å². The van der Waals surface area contributed by atoms with E-state index in [9.17, 15) is 9.59 Å². The fourth-order valence-corrected chi connectivity index (χ4v) is 5.47. The van der Waals surface area contributed by atoms with Gasteiger partial charge in [-0.25, -0.2) is 0 Å². The number of hydrogen-bond donors (Lipinski definition) is 4. The van der Waals surface area contributed by atoms with Crippen molar-refractivity contribution >= 4 is 17.6 Å². The highest BCUT2D eigenvalue weighted by atomic mass is 16.2. The lowest BCUT2D eigenvalue weighted by Gasteiger charge is -2.43. The van der Waals surface area contributed by atoms with Crippen molar-refractivity contribution in [1.29, 1.82) is 5.41 Å². The standard InChI is InChI=1S/C23H33N5O2/c24-21(25)17-9-7-15(8-10-17)14-27-22(29)19-6-3-13-28(19)23(30)20-18-5-2-1-4-16(18)11-12-26-20/h7-10,16,18-20,26H,1-6,11-14H2,(H3,24,25)(H,27,29)/t16-,18-,19-,20?/m0/s1. The van der Waals surface area contributed by atoms with Gasteiger partial charge in [0.05, 0.1) is 6.04 Å². The normalized spacial score (nSPS) is 28.6. The molecule has 0 radical (unpaired) electrons. The Bertz CT molecular complexity index is 791. The zero-order valence-electron chi connectivity index (χ0n) is 17.5. The van der Waals surface area contributed by atoms with E-state index in [-0.39, 0.29) is 29.7 Å². The second-order valence-corrected chi connectivity index (χ2v) is 8.95. The van der Waals surface area contributed by atoms with Crippen LogP contribution < -0.4 is 16.4 Å². The molecule has 3 aliphatic rings. The third kappa shape index (κ3) is 4.36. The molecule has 1 aliphatic carbocycles. The largest absolute Gasteiger partial charge is 0.384 e. The monoisotopic (exact) mass is 411 g/mol. The Labute approximate surface area is 178 Å². The number of benzene rings is 1. The van der Waals surface area contributed by atoms with E-state index in [0.29, 0.717) is 30.5 Å². The third-order valence-electron chi connectivity index (χ3n) is 7.11. The molecule has 0 bridgehead atoms. The van der Waals surface area contributed by atoms with Gasteiger partial charge in [-0.1, -0.05) is 43.5 Å². The maximum absolute atomic E-state index is 13.4. The van der Waals surface area contributed by atoms with Crippen molar-refractivity contribution in [3.63, 3.8) is 0 Å². The van der Waals surface area contributed by atoms with Crippen molar-refractivity contribution in [3.8, 4) is 0 Å². The molecular formula is C23H33N5O2. The lowest BCUT2D eigenvalue weighted by atomic mass is 9.71. The second-order valence-electron chi connectivity index (χ2n) is 8.95. The molecule has 2 saturated heterocycles. The van der Waals surface area contributed by atoms with E-state index in [4.69, 9.17) is 11.1 Å².